The van der Waals surface area contributed by atoms with Gasteiger partial charge in [-0.1, -0.05) is 65.2 Å². The number of rotatable bonds is 11. The maximum atomic E-state index is 14.0. The van der Waals surface area contributed by atoms with Gasteiger partial charge in [-0.3, -0.25) is 13.9 Å². The van der Waals surface area contributed by atoms with E-state index < -0.39 is 28.5 Å². The zero-order valence-corrected chi connectivity index (χ0v) is 25.0. The smallest absolute Gasteiger partial charge is 0.264 e. The molecular weight excluding hydrogens is 594 g/mol. The van der Waals surface area contributed by atoms with Gasteiger partial charge in [0.25, 0.3) is 10.0 Å². The Bertz CT molecular complexity index is 1410. The molecule has 2 amide bonds. The van der Waals surface area contributed by atoms with E-state index in [4.69, 9.17) is 4.74 Å². The topological polar surface area (TPSA) is 96.0 Å². The third kappa shape index (κ3) is 7.22. The third-order valence-electron chi connectivity index (χ3n) is 7.09. The van der Waals surface area contributed by atoms with Gasteiger partial charge in [-0.25, -0.2) is 8.42 Å². The number of benzene rings is 3. The molecule has 0 aromatic heterocycles. The standard InChI is InChI=1S/C30H34BrN3O5S/c1-22(30(36)32-25-9-6-7-10-25)33(20-23-15-17-24(31)18-16-23)29(35)21-34(26-11-8-12-27(19-26)39-2)40(37,38)28-13-4-3-5-14-28/h3-5,8,11-19,22,25H,6-7,9-10,20-21H2,1-2H3,(H,32,36)/t22-/m0/s1. The molecule has 3 aromatic rings. The normalized spacial score (nSPS) is 14.4. The first-order chi connectivity index (χ1) is 19.2. The minimum absolute atomic E-state index is 0.0529. The summed E-state index contributed by atoms with van der Waals surface area (Å²) in [5.41, 5.74) is 1.10. The van der Waals surface area contributed by atoms with Gasteiger partial charge in [0.1, 0.15) is 18.3 Å². The second-order valence-electron chi connectivity index (χ2n) is 9.84. The number of hydrogen-bond acceptors (Lipinski definition) is 5. The largest absolute Gasteiger partial charge is 0.497 e. The molecule has 1 atom stereocenters. The summed E-state index contributed by atoms with van der Waals surface area (Å²) >= 11 is 3.43. The van der Waals surface area contributed by atoms with E-state index in [0.717, 1.165) is 40.0 Å². The van der Waals surface area contributed by atoms with Crippen molar-refractivity contribution in [2.75, 3.05) is 18.0 Å². The van der Waals surface area contributed by atoms with Crippen LogP contribution in [0.2, 0.25) is 0 Å². The fourth-order valence-corrected chi connectivity index (χ4v) is 6.47. The fourth-order valence-electron chi connectivity index (χ4n) is 4.78. The summed E-state index contributed by atoms with van der Waals surface area (Å²) in [5, 5.41) is 3.08. The van der Waals surface area contributed by atoms with Crippen LogP contribution in [0.5, 0.6) is 5.75 Å². The summed E-state index contributed by atoms with van der Waals surface area (Å²) < 4.78 is 35.0. The molecule has 0 unspecified atom stereocenters. The van der Waals surface area contributed by atoms with Crippen molar-refractivity contribution in [3.63, 3.8) is 0 Å². The summed E-state index contributed by atoms with van der Waals surface area (Å²) in [4.78, 5) is 28.8. The predicted molar refractivity (Wildman–Crippen MR) is 159 cm³/mol. The molecule has 10 heteroatoms. The SMILES string of the molecule is COc1cccc(N(CC(=O)N(Cc2ccc(Br)cc2)[C@@H](C)C(=O)NC2CCCC2)S(=O)(=O)c2ccccc2)c1. The van der Waals surface area contributed by atoms with Gasteiger partial charge in [-0.2, -0.15) is 0 Å². The lowest BCUT2D eigenvalue weighted by atomic mass is 10.1. The number of ether oxygens (including phenoxy) is 1. The highest BCUT2D eigenvalue weighted by atomic mass is 79.9. The number of halogens is 1. The van der Waals surface area contributed by atoms with Gasteiger partial charge in [0.15, 0.2) is 0 Å². The van der Waals surface area contributed by atoms with Crippen LogP contribution in [0.1, 0.15) is 38.2 Å². The first-order valence-corrected chi connectivity index (χ1v) is 15.5. The summed E-state index contributed by atoms with van der Waals surface area (Å²) in [6, 6.07) is 21.3. The lowest BCUT2D eigenvalue weighted by molar-refractivity contribution is -0.139. The monoisotopic (exact) mass is 627 g/mol. The third-order valence-corrected chi connectivity index (χ3v) is 9.40. The molecule has 1 fully saturated rings. The lowest BCUT2D eigenvalue weighted by Crippen LogP contribution is -2.52. The molecule has 0 heterocycles. The van der Waals surface area contributed by atoms with Crippen LogP contribution in [0.3, 0.4) is 0 Å². The van der Waals surface area contributed by atoms with Gasteiger partial charge >= 0.3 is 0 Å². The van der Waals surface area contributed by atoms with E-state index in [1.165, 1.54) is 24.1 Å². The first-order valence-electron chi connectivity index (χ1n) is 13.2. The number of amides is 2. The number of carbonyl (C=O) groups excluding carboxylic acids is 2. The summed E-state index contributed by atoms with van der Waals surface area (Å²) in [7, 11) is -2.64. The summed E-state index contributed by atoms with van der Waals surface area (Å²) in [6.45, 7) is 1.33. The number of anilines is 1. The Kier molecular flexibility index (Phi) is 9.86. The number of sulfonamides is 1. The van der Waals surface area contributed by atoms with Gasteiger partial charge in [-0.05, 0) is 61.7 Å². The Morgan fingerprint density at radius 3 is 2.33 bits per heavy atom. The molecule has 40 heavy (non-hydrogen) atoms. The van der Waals surface area contributed by atoms with E-state index in [0.29, 0.717) is 5.75 Å². The number of nitrogens with one attached hydrogen (secondary N) is 1. The molecule has 0 spiro atoms. The highest BCUT2D eigenvalue weighted by Crippen LogP contribution is 2.28. The van der Waals surface area contributed by atoms with Gasteiger partial charge in [0.05, 0.1) is 17.7 Å². The van der Waals surface area contributed by atoms with E-state index in [1.54, 1.807) is 49.4 Å². The number of methoxy groups -OCH3 is 1. The van der Waals surface area contributed by atoms with Crippen LogP contribution in [0.4, 0.5) is 5.69 Å². The summed E-state index contributed by atoms with van der Waals surface area (Å²) in [6.07, 6.45) is 3.96. The van der Waals surface area contributed by atoms with E-state index in [9.17, 15) is 18.0 Å². The number of hydrogen-bond donors (Lipinski definition) is 1. The van der Waals surface area contributed by atoms with Crippen molar-refractivity contribution in [2.24, 2.45) is 0 Å². The van der Waals surface area contributed by atoms with Gasteiger partial charge in [0, 0.05) is 23.1 Å². The Hall–Kier alpha value is -3.37. The zero-order chi connectivity index (χ0) is 28.7. The molecule has 4 rings (SSSR count). The van der Waals surface area contributed by atoms with Crippen molar-refractivity contribution in [2.45, 2.75) is 56.1 Å². The molecule has 1 aliphatic carbocycles. The van der Waals surface area contributed by atoms with Crippen molar-refractivity contribution in [3.05, 3.63) is 88.9 Å². The quantitative estimate of drug-likeness (QED) is 0.318. The molecular formula is C30H34BrN3O5S. The highest BCUT2D eigenvalue weighted by Gasteiger charge is 2.33. The molecule has 3 aromatic carbocycles. The molecule has 212 valence electrons. The van der Waals surface area contributed by atoms with E-state index in [2.05, 4.69) is 21.2 Å². The van der Waals surface area contributed by atoms with Gasteiger partial charge in [-0.15, -0.1) is 0 Å². The molecule has 1 aliphatic rings. The average molecular weight is 629 g/mol. The fraction of sp³-hybridized carbons (Fsp3) is 0.333. The van der Waals surface area contributed by atoms with E-state index >= 15 is 0 Å². The van der Waals surface area contributed by atoms with Crippen LogP contribution < -0.4 is 14.4 Å². The average Bonchev–Trinajstić information content (AvgIpc) is 3.48. The van der Waals surface area contributed by atoms with Crippen LogP contribution in [-0.4, -0.2) is 50.9 Å². The Labute approximate surface area is 244 Å². The predicted octanol–water partition coefficient (Wildman–Crippen LogP) is 5.13. The van der Waals surface area contributed by atoms with Crippen LogP contribution in [0.25, 0.3) is 0 Å². The summed E-state index contributed by atoms with van der Waals surface area (Å²) in [5.74, 6) is -0.301. The van der Waals surface area contributed by atoms with Crippen molar-refractivity contribution in [3.8, 4) is 5.75 Å². The van der Waals surface area contributed by atoms with Crippen molar-refractivity contribution in [1.82, 2.24) is 10.2 Å². The van der Waals surface area contributed by atoms with Crippen molar-refractivity contribution >= 4 is 43.5 Å². The van der Waals surface area contributed by atoms with Crippen LogP contribution in [0.15, 0.2) is 88.2 Å². The van der Waals surface area contributed by atoms with E-state index in [-0.39, 0.29) is 29.1 Å². The van der Waals surface area contributed by atoms with Gasteiger partial charge < -0.3 is 15.0 Å². The van der Waals surface area contributed by atoms with Crippen LogP contribution >= 0.6 is 15.9 Å². The maximum Gasteiger partial charge on any atom is 0.264 e. The molecule has 8 nitrogen and oxygen atoms in total. The zero-order valence-electron chi connectivity index (χ0n) is 22.6. The van der Waals surface area contributed by atoms with Gasteiger partial charge in [0.2, 0.25) is 11.8 Å². The second kappa shape index (κ2) is 13.3. The molecule has 1 saturated carbocycles. The number of carbonyl (C=O) groups is 2. The molecule has 0 aliphatic heterocycles. The minimum Gasteiger partial charge on any atom is -0.497 e. The first kappa shape index (κ1) is 29.6. The Balaban J connectivity index is 1.68. The Morgan fingerprint density at radius 2 is 1.68 bits per heavy atom. The molecule has 0 saturated heterocycles. The van der Waals surface area contributed by atoms with Crippen molar-refractivity contribution < 1.29 is 22.7 Å². The lowest BCUT2D eigenvalue weighted by Gasteiger charge is -2.32. The second-order valence-corrected chi connectivity index (χ2v) is 12.6. The minimum atomic E-state index is -4.13. The van der Waals surface area contributed by atoms with Crippen LogP contribution in [-0.2, 0) is 26.2 Å². The number of nitrogens with zero attached hydrogens (tertiary/aromatic N) is 2. The molecule has 1 N–H and O–H groups in total. The van der Waals surface area contributed by atoms with Crippen LogP contribution in [0, 0.1) is 0 Å². The molecule has 0 radical (unpaired) electrons. The molecule has 0 bridgehead atoms. The van der Waals surface area contributed by atoms with Crippen molar-refractivity contribution in [1.29, 1.82) is 0 Å². The highest BCUT2D eigenvalue weighted by molar-refractivity contribution is 9.10. The maximum absolute atomic E-state index is 14.0. The van der Waals surface area contributed by atoms with E-state index in [1.807, 2.05) is 24.3 Å². The Morgan fingerprint density at radius 1 is 1.00 bits per heavy atom.